The Morgan fingerprint density at radius 3 is 3.05 bits per heavy atom. The summed E-state index contributed by atoms with van der Waals surface area (Å²) in [5.41, 5.74) is 1.01. The van der Waals surface area contributed by atoms with Crippen LogP contribution in [0.5, 0.6) is 11.5 Å². The number of fused-ring (bicyclic) bond motifs is 1. The maximum Gasteiger partial charge on any atom is 0.231 e. The molecule has 19 heavy (non-hydrogen) atoms. The lowest BCUT2D eigenvalue weighted by Crippen LogP contribution is -2.30. The van der Waals surface area contributed by atoms with Crippen LogP contribution in [0.1, 0.15) is 18.9 Å². The lowest BCUT2D eigenvalue weighted by Gasteiger charge is -2.12. The van der Waals surface area contributed by atoms with Gasteiger partial charge in [-0.1, -0.05) is 13.0 Å². The normalized spacial score (nSPS) is 14.6. The van der Waals surface area contributed by atoms with Gasteiger partial charge in [-0.2, -0.15) is 0 Å². The zero-order chi connectivity index (χ0) is 13.5. The van der Waals surface area contributed by atoms with Gasteiger partial charge >= 0.3 is 0 Å². The molecule has 1 atom stereocenters. The third-order valence-electron chi connectivity index (χ3n) is 2.82. The second-order valence-corrected chi connectivity index (χ2v) is 4.56. The van der Waals surface area contributed by atoms with Crippen LogP contribution in [0.25, 0.3) is 0 Å². The Labute approximate surface area is 113 Å². The number of hydrogen-bond acceptors (Lipinski definition) is 5. The molecule has 2 rings (SSSR count). The average Bonchev–Trinajstić information content (AvgIpc) is 2.86. The van der Waals surface area contributed by atoms with Crippen LogP contribution in [0.3, 0.4) is 0 Å². The van der Waals surface area contributed by atoms with E-state index in [0.717, 1.165) is 30.0 Å². The molecule has 0 spiro atoms. The minimum atomic E-state index is -0.472. The van der Waals surface area contributed by atoms with Crippen LogP contribution in [-0.2, 0) is 11.3 Å². The lowest BCUT2D eigenvalue weighted by molar-refractivity contribution is 0.0289. The molecule has 0 aromatic heterocycles. The van der Waals surface area contributed by atoms with Gasteiger partial charge in [-0.15, -0.1) is 0 Å². The van der Waals surface area contributed by atoms with E-state index in [2.05, 4.69) is 12.2 Å². The average molecular weight is 267 g/mol. The van der Waals surface area contributed by atoms with Crippen molar-refractivity contribution >= 4 is 0 Å². The Morgan fingerprint density at radius 2 is 2.21 bits per heavy atom. The summed E-state index contributed by atoms with van der Waals surface area (Å²) in [7, 11) is 0. The van der Waals surface area contributed by atoms with Crippen molar-refractivity contribution in [3.8, 4) is 11.5 Å². The summed E-state index contributed by atoms with van der Waals surface area (Å²) in [6.07, 6.45) is 0.589. The standard InChI is InChI=1S/C14H21NO4/c1-2-5-15-7-12(16)9-17-8-11-3-4-13-14(6-11)19-10-18-13/h3-4,6,12,15-16H,2,5,7-10H2,1H3. The number of rotatable bonds is 8. The van der Waals surface area contributed by atoms with Crippen molar-refractivity contribution in [2.45, 2.75) is 26.1 Å². The van der Waals surface area contributed by atoms with E-state index in [1.165, 1.54) is 0 Å². The van der Waals surface area contributed by atoms with E-state index in [-0.39, 0.29) is 6.79 Å². The van der Waals surface area contributed by atoms with Gasteiger partial charge in [-0.3, -0.25) is 0 Å². The van der Waals surface area contributed by atoms with E-state index in [1.54, 1.807) is 0 Å². The molecule has 1 aromatic rings. The van der Waals surface area contributed by atoms with E-state index in [1.807, 2.05) is 18.2 Å². The van der Waals surface area contributed by atoms with Crippen molar-refractivity contribution in [3.63, 3.8) is 0 Å². The summed E-state index contributed by atoms with van der Waals surface area (Å²) in [4.78, 5) is 0. The van der Waals surface area contributed by atoms with Crippen molar-refractivity contribution in [2.75, 3.05) is 26.5 Å². The minimum Gasteiger partial charge on any atom is -0.454 e. The minimum absolute atomic E-state index is 0.279. The zero-order valence-corrected chi connectivity index (χ0v) is 11.2. The van der Waals surface area contributed by atoms with Gasteiger partial charge in [0.25, 0.3) is 0 Å². The molecule has 5 heteroatoms. The fraction of sp³-hybridized carbons (Fsp3) is 0.571. The summed E-state index contributed by atoms with van der Waals surface area (Å²) < 4.78 is 16.0. The molecule has 106 valence electrons. The maximum absolute atomic E-state index is 9.68. The number of nitrogens with one attached hydrogen (secondary N) is 1. The Kier molecular flexibility index (Phi) is 5.44. The van der Waals surface area contributed by atoms with Crippen LogP contribution >= 0.6 is 0 Å². The van der Waals surface area contributed by atoms with E-state index < -0.39 is 6.10 Å². The van der Waals surface area contributed by atoms with Gasteiger partial charge in [0.1, 0.15) is 0 Å². The summed E-state index contributed by atoms with van der Waals surface area (Å²) in [5, 5.41) is 12.8. The molecule has 1 unspecified atom stereocenters. The molecule has 0 saturated heterocycles. The van der Waals surface area contributed by atoms with Gasteiger partial charge in [0.2, 0.25) is 6.79 Å². The van der Waals surface area contributed by atoms with Crippen molar-refractivity contribution in [1.29, 1.82) is 0 Å². The van der Waals surface area contributed by atoms with Gasteiger partial charge in [0, 0.05) is 6.54 Å². The van der Waals surface area contributed by atoms with E-state index in [0.29, 0.717) is 19.8 Å². The van der Waals surface area contributed by atoms with Gasteiger partial charge in [-0.25, -0.2) is 0 Å². The topological polar surface area (TPSA) is 60.0 Å². The monoisotopic (exact) mass is 267 g/mol. The first kappa shape index (κ1) is 14.1. The van der Waals surface area contributed by atoms with Crippen molar-refractivity contribution in [3.05, 3.63) is 23.8 Å². The van der Waals surface area contributed by atoms with Gasteiger partial charge in [0.15, 0.2) is 11.5 Å². The highest BCUT2D eigenvalue weighted by molar-refractivity contribution is 5.44. The molecule has 0 radical (unpaired) electrons. The Balaban J connectivity index is 1.68. The lowest BCUT2D eigenvalue weighted by atomic mass is 10.2. The molecule has 1 aliphatic heterocycles. The molecule has 1 aliphatic rings. The van der Waals surface area contributed by atoms with Crippen LogP contribution in [0.4, 0.5) is 0 Å². The summed E-state index contributed by atoms with van der Waals surface area (Å²) in [6.45, 7) is 4.64. The third-order valence-corrected chi connectivity index (χ3v) is 2.82. The van der Waals surface area contributed by atoms with E-state index >= 15 is 0 Å². The van der Waals surface area contributed by atoms with E-state index in [4.69, 9.17) is 14.2 Å². The number of hydrogen-bond donors (Lipinski definition) is 2. The van der Waals surface area contributed by atoms with E-state index in [9.17, 15) is 5.11 Å². The molecule has 5 nitrogen and oxygen atoms in total. The largest absolute Gasteiger partial charge is 0.454 e. The number of ether oxygens (including phenoxy) is 3. The van der Waals surface area contributed by atoms with Gasteiger partial charge < -0.3 is 24.6 Å². The third kappa shape index (κ3) is 4.38. The smallest absolute Gasteiger partial charge is 0.231 e. The first-order chi connectivity index (χ1) is 9.29. The summed E-state index contributed by atoms with van der Waals surface area (Å²) in [6, 6.07) is 5.72. The molecule has 1 heterocycles. The van der Waals surface area contributed by atoms with Crippen LogP contribution in [0.15, 0.2) is 18.2 Å². The quantitative estimate of drug-likeness (QED) is 0.695. The highest BCUT2D eigenvalue weighted by Gasteiger charge is 2.13. The molecule has 0 aliphatic carbocycles. The van der Waals surface area contributed by atoms with Crippen LogP contribution in [-0.4, -0.2) is 37.7 Å². The summed E-state index contributed by atoms with van der Waals surface area (Å²) in [5.74, 6) is 1.53. The highest BCUT2D eigenvalue weighted by Crippen LogP contribution is 2.32. The predicted molar refractivity (Wildman–Crippen MR) is 71.4 cm³/mol. The molecule has 0 saturated carbocycles. The van der Waals surface area contributed by atoms with Crippen molar-refractivity contribution in [1.82, 2.24) is 5.32 Å². The van der Waals surface area contributed by atoms with Crippen LogP contribution < -0.4 is 14.8 Å². The Hall–Kier alpha value is -1.30. The molecule has 2 N–H and O–H groups in total. The molecule has 0 bridgehead atoms. The fourth-order valence-corrected chi connectivity index (χ4v) is 1.85. The number of aliphatic hydroxyl groups excluding tert-OH is 1. The first-order valence-corrected chi connectivity index (χ1v) is 6.64. The zero-order valence-electron chi connectivity index (χ0n) is 11.2. The number of aliphatic hydroxyl groups is 1. The second-order valence-electron chi connectivity index (χ2n) is 4.56. The van der Waals surface area contributed by atoms with Crippen molar-refractivity contribution in [2.24, 2.45) is 0 Å². The molecule has 1 aromatic carbocycles. The molecular weight excluding hydrogens is 246 g/mol. The second kappa shape index (κ2) is 7.33. The van der Waals surface area contributed by atoms with Crippen molar-refractivity contribution < 1.29 is 19.3 Å². The highest BCUT2D eigenvalue weighted by atomic mass is 16.7. The first-order valence-electron chi connectivity index (χ1n) is 6.64. The Morgan fingerprint density at radius 1 is 1.37 bits per heavy atom. The Bertz CT molecular complexity index is 397. The van der Waals surface area contributed by atoms with Gasteiger partial charge in [0.05, 0.1) is 19.3 Å². The molecule has 0 fully saturated rings. The van der Waals surface area contributed by atoms with Crippen LogP contribution in [0.2, 0.25) is 0 Å². The van der Waals surface area contributed by atoms with Gasteiger partial charge in [-0.05, 0) is 30.7 Å². The molecular formula is C14H21NO4. The number of benzene rings is 1. The SMILES string of the molecule is CCCNCC(O)COCc1ccc2c(c1)OCO2. The maximum atomic E-state index is 9.68. The molecule has 0 amide bonds. The fourth-order valence-electron chi connectivity index (χ4n) is 1.85. The summed E-state index contributed by atoms with van der Waals surface area (Å²) >= 11 is 0. The predicted octanol–water partition coefficient (Wildman–Crippen LogP) is 1.29. The van der Waals surface area contributed by atoms with Crippen LogP contribution in [0, 0.1) is 0 Å².